The SMILES string of the molecule is CCOc1cc(CN2CCC(Nc3nc4ccncc4o3)CC2)cc(OCC)c1S(C)=O. The Bertz CT molecular complexity index is 1020. The molecule has 0 aliphatic carbocycles. The first kappa shape index (κ1) is 22.5. The number of likely N-dealkylation sites (tertiary alicyclic amines) is 1. The van der Waals surface area contributed by atoms with Gasteiger partial charge in [-0.3, -0.25) is 14.1 Å². The van der Waals surface area contributed by atoms with Crippen molar-refractivity contribution in [3.8, 4) is 11.5 Å². The van der Waals surface area contributed by atoms with Crippen LogP contribution < -0.4 is 14.8 Å². The van der Waals surface area contributed by atoms with Crippen molar-refractivity contribution in [2.24, 2.45) is 0 Å². The van der Waals surface area contributed by atoms with Crippen molar-refractivity contribution >= 4 is 27.9 Å². The fraction of sp³-hybridized carbons (Fsp3) is 0.478. The highest BCUT2D eigenvalue weighted by molar-refractivity contribution is 7.84. The summed E-state index contributed by atoms with van der Waals surface area (Å²) in [4.78, 5) is 11.6. The number of hydrogen-bond acceptors (Lipinski definition) is 8. The lowest BCUT2D eigenvalue weighted by Crippen LogP contribution is -2.38. The van der Waals surface area contributed by atoms with Gasteiger partial charge in [0.25, 0.3) is 6.01 Å². The molecule has 1 aliphatic rings. The van der Waals surface area contributed by atoms with Crippen LogP contribution >= 0.6 is 0 Å². The summed E-state index contributed by atoms with van der Waals surface area (Å²) in [5, 5.41) is 3.42. The van der Waals surface area contributed by atoms with Crippen LogP contribution in [0.1, 0.15) is 32.3 Å². The van der Waals surface area contributed by atoms with E-state index in [1.165, 1.54) is 0 Å². The Morgan fingerprint density at radius 2 is 1.88 bits per heavy atom. The first-order valence-corrected chi connectivity index (χ1v) is 12.6. The standard InChI is InChI=1S/C23H30N4O4S/c1-4-29-19-12-16(13-20(30-5-2)22(19)32(3)28)15-27-10-7-17(8-11-27)25-23-26-18-6-9-24-14-21(18)31-23/h6,9,12-14,17H,4-5,7-8,10-11,15H2,1-3H3,(H,25,26). The molecule has 32 heavy (non-hydrogen) atoms. The summed E-state index contributed by atoms with van der Waals surface area (Å²) in [6, 6.07) is 6.71. The van der Waals surface area contributed by atoms with Crippen LogP contribution in [-0.2, 0) is 17.3 Å². The van der Waals surface area contributed by atoms with E-state index in [-0.39, 0.29) is 0 Å². The molecule has 9 heteroatoms. The second-order valence-electron chi connectivity index (χ2n) is 7.80. The van der Waals surface area contributed by atoms with Crippen molar-refractivity contribution in [2.45, 2.75) is 44.2 Å². The lowest BCUT2D eigenvalue weighted by molar-refractivity contribution is 0.209. The molecular weight excluding hydrogens is 428 g/mol. The Kier molecular flexibility index (Phi) is 7.26. The van der Waals surface area contributed by atoms with Gasteiger partial charge in [0.1, 0.15) is 21.9 Å². The average Bonchev–Trinajstić information content (AvgIpc) is 3.17. The second kappa shape index (κ2) is 10.3. The van der Waals surface area contributed by atoms with Crippen LogP contribution in [-0.4, -0.2) is 57.7 Å². The lowest BCUT2D eigenvalue weighted by Gasteiger charge is -2.32. The topological polar surface area (TPSA) is 89.7 Å². The molecule has 0 bridgehead atoms. The van der Waals surface area contributed by atoms with Crippen LogP contribution in [0.2, 0.25) is 0 Å². The molecule has 1 N–H and O–H groups in total. The highest BCUT2D eigenvalue weighted by atomic mass is 32.2. The molecule has 1 saturated heterocycles. The molecule has 1 unspecified atom stereocenters. The van der Waals surface area contributed by atoms with E-state index in [0.29, 0.717) is 47.2 Å². The van der Waals surface area contributed by atoms with Gasteiger partial charge in [0.2, 0.25) is 0 Å². The van der Waals surface area contributed by atoms with E-state index in [4.69, 9.17) is 13.9 Å². The van der Waals surface area contributed by atoms with Crippen LogP contribution in [0.4, 0.5) is 6.01 Å². The number of oxazole rings is 1. The molecule has 1 aliphatic heterocycles. The van der Waals surface area contributed by atoms with E-state index in [1.807, 2.05) is 32.0 Å². The summed E-state index contributed by atoms with van der Waals surface area (Å²) < 4.78 is 29.6. The number of hydrogen-bond donors (Lipinski definition) is 1. The molecule has 1 fully saturated rings. The number of piperidine rings is 1. The largest absolute Gasteiger partial charge is 0.492 e. The zero-order valence-corrected chi connectivity index (χ0v) is 19.6. The minimum absolute atomic E-state index is 0.315. The Balaban J connectivity index is 1.40. The Morgan fingerprint density at radius 3 is 2.47 bits per heavy atom. The maximum atomic E-state index is 12.3. The smallest absolute Gasteiger partial charge is 0.295 e. The van der Waals surface area contributed by atoms with E-state index in [9.17, 15) is 4.21 Å². The van der Waals surface area contributed by atoms with Gasteiger partial charge in [-0.05, 0) is 50.5 Å². The molecule has 8 nitrogen and oxygen atoms in total. The van der Waals surface area contributed by atoms with Gasteiger partial charge in [-0.2, -0.15) is 4.98 Å². The van der Waals surface area contributed by atoms with E-state index < -0.39 is 10.8 Å². The first-order valence-electron chi connectivity index (χ1n) is 11.0. The van der Waals surface area contributed by atoms with Gasteiger partial charge < -0.3 is 19.2 Å². The number of nitrogens with one attached hydrogen (secondary N) is 1. The van der Waals surface area contributed by atoms with Crippen molar-refractivity contribution in [3.63, 3.8) is 0 Å². The molecule has 2 aromatic heterocycles. The monoisotopic (exact) mass is 458 g/mol. The quantitative estimate of drug-likeness (QED) is 0.517. The van der Waals surface area contributed by atoms with E-state index in [1.54, 1.807) is 18.6 Å². The van der Waals surface area contributed by atoms with Crippen molar-refractivity contribution in [3.05, 3.63) is 36.2 Å². The lowest BCUT2D eigenvalue weighted by atomic mass is 10.0. The Morgan fingerprint density at radius 1 is 1.19 bits per heavy atom. The van der Waals surface area contributed by atoms with Gasteiger partial charge in [-0.15, -0.1) is 0 Å². The number of nitrogens with zero attached hydrogens (tertiary/aromatic N) is 3. The normalized spacial score (nSPS) is 16.2. The fourth-order valence-corrected chi connectivity index (χ4v) is 4.84. The third-order valence-corrected chi connectivity index (χ3v) is 6.46. The molecule has 1 aromatic carbocycles. The van der Waals surface area contributed by atoms with E-state index in [2.05, 4.69) is 20.2 Å². The van der Waals surface area contributed by atoms with Gasteiger partial charge in [0, 0.05) is 38.1 Å². The zero-order chi connectivity index (χ0) is 22.5. The van der Waals surface area contributed by atoms with Crippen molar-refractivity contribution in [1.82, 2.24) is 14.9 Å². The van der Waals surface area contributed by atoms with Gasteiger partial charge in [0.05, 0.1) is 30.2 Å². The number of pyridine rings is 1. The summed E-state index contributed by atoms with van der Waals surface area (Å²) in [6.45, 7) is 7.59. The molecular formula is C23H30N4O4S. The fourth-order valence-electron chi connectivity index (χ4n) is 4.04. The third-order valence-electron chi connectivity index (χ3n) is 5.48. The first-order chi connectivity index (χ1) is 15.6. The second-order valence-corrected chi connectivity index (χ2v) is 9.12. The van der Waals surface area contributed by atoms with Crippen LogP contribution in [0.15, 0.2) is 39.9 Å². The zero-order valence-electron chi connectivity index (χ0n) is 18.8. The molecule has 0 spiro atoms. The Labute approximate surface area is 190 Å². The van der Waals surface area contributed by atoms with Crippen LogP contribution in [0, 0.1) is 0 Å². The number of anilines is 1. The number of benzene rings is 1. The summed E-state index contributed by atoms with van der Waals surface area (Å²) in [6.07, 6.45) is 7.04. The van der Waals surface area contributed by atoms with E-state index in [0.717, 1.165) is 43.6 Å². The predicted molar refractivity (Wildman–Crippen MR) is 125 cm³/mol. The Hall–Kier alpha value is -2.65. The highest BCUT2D eigenvalue weighted by Crippen LogP contribution is 2.34. The number of fused-ring (bicyclic) bond motifs is 1. The number of ether oxygens (including phenoxy) is 2. The summed E-state index contributed by atoms with van der Waals surface area (Å²) in [5.74, 6) is 1.30. The molecule has 0 radical (unpaired) electrons. The average molecular weight is 459 g/mol. The maximum Gasteiger partial charge on any atom is 0.295 e. The molecule has 172 valence electrons. The highest BCUT2D eigenvalue weighted by Gasteiger charge is 2.23. The van der Waals surface area contributed by atoms with Gasteiger partial charge in [-0.1, -0.05) is 0 Å². The molecule has 3 aromatic rings. The molecule has 0 amide bonds. The van der Waals surface area contributed by atoms with Gasteiger partial charge in [0.15, 0.2) is 5.58 Å². The van der Waals surface area contributed by atoms with Gasteiger partial charge >= 0.3 is 0 Å². The van der Waals surface area contributed by atoms with Crippen LogP contribution in [0.3, 0.4) is 0 Å². The minimum Gasteiger partial charge on any atom is -0.492 e. The van der Waals surface area contributed by atoms with Crippen molar-refractivity contribution in [2.75, 3.05) is 37.9 Å². The molecule has 0 saturated carbocycles. The third kappa shape index (κ3) is 5.21. The molecule has 1 atom stereocenters. The van der Waals surface area contributed by atoms with Crippen LogP contribution in [0.5, 0.6) is 11.5 Å². The summed E-state index contributed by atoms with van der Waals surface area (Å²) in [5.41, 5.74) is 2.61. The van der Waals surface area contributed by atoms with Crippen molar-refractivity contribution in [1.29, 1.82) is 0 Å². The van der Waals surface area contributed by atoms with Gasteiger partial charge in [-0.25, -0.2) is 0 Å². The molecule has 3 heterocycles. The predicted octanol–water partition coefficient (Wildman–Crippen LogP) is 3.83. The number of rotatable bonds is 9. The molecule has 4 rings (SSSR count). The maximum absolute atomic E-state index is 12.3. The minimum atomic E-state index is -1.19. The summed E-state index contributed by atoms with van der Waals surface area (Å²) >= 11 is 0. The summed E-state index contributed by atoms with van der Waals surface area (Å²) in [7, 11) is -1.19. The van der Waals surface area contributed by atoms with Crippen LogP contribution in [0.25, 0.3) is 11.1 Å². The van der Waals surface area contributed by atoms with E-state index >= 15 is 0 Å². The number of aromatic nitrogens is 2. The van der Waals surface area contributed by atoms with Crippen molar-refractivity contribution < 1.29 is 18.1 Å².